The lowest BCUT2D eigenvalue weighted by atomic mass is 9.83. The quantitative estimate of drug-likeness (QED) is 0.732. The first-order valence-electron chi connectivity index (χ1n) is 6.03. The molecule has 3 unspecified atom stereocenters. The van der Waals surface area contributed by atoms with E-state index in [-0.39, 0.29) is 5.97 Å². The van der Waals surface area contributed by atoms with Crippen molar-refractivity contribution in [1.29, 1.82) is 0 Å². The van der Waals surface area contributed by atoms with Crippen LogP contribution in [-0.2, 0) is 9.53 Å². The Morgan fingerprint density at radius 2 is 2.25 bits per heavy atom. The highest BCUT2D eigenvalue weighted by Crippen LogP contribution is 2.34. The van der Waals surface area contributed by atoms with Crippen molar-refractivity contribution in [3.8, 4) is 0 Å². The second kappa shape index (κ2) is 5.15. The monoisotopic (exact) mass is 229 g/mol. The highest BCUT2D eigenvalue weighted by atomic mass is 16.5. The van der Waals surface area contributed by atoms with Crippen molar-refractivity contribution in [2.75, 3.05) is 20.2 Å². The molecular formula is C12H23NO3. The Balaban J connectivity index is 2.76. The highest BCUT2D eigenvalue weighted by Gasteiger charge is 2.47. The molecule has 4 nitrogen and oxygen atoms in total. The van der Waals surface area contributed by atoms with Crippen LogP contribution in [0.4, 0.5) is 0 Å². The molecule has 1 aliphatic heterocycles. The summed E-state index contributed by atoms with van der Waals surface area (Å²) in [6, 6.07) is 0.313. The lowest BCUT2D eigenvalue weighted by molar-refractivity contribution is -0.157. The first-order chi connectivity index (χ1) is 7.44. The van der Waals surface area contributed by atoms with Crippen LogP contribution in [0.1, 0.15) is 33.6 Å². The number of β-amino-alcohol motifs (C(OH)–C–C–N with tert-alkyl or cyclic N) is 1. The number of nitrogens with zero attached hydrogens (tertiary/aromatic N) is 1. The molecule has 0 aromatic carbocycles. The molecule has 1 saturated heterocycles. The van der Waals surface area contributed by atoms with Crippen molar-refractivity contribution >= 4 is 5.97 Å². The summed E-state index contributed by atoms with van der Waals surface area (Å²) in [6.07, 6.45) is 1.26. The summed E-state index contributed by atoms with van der Waals surface area (Å²) in [7, 11) is 1.97. The van der Waals surface area contributed by atoms with Crippen LogP contribution in [0.15, 0.2) is 0 Å². The van der Waals surface area contributed by atoms with Gasteiger partial charge in [0.25, 0.3) is 0 Å². The van der Waals surface area contributed by atoms with Gasteiger partial charge < -0.3 is 14.7 Å². The van der Waals surface area contributed by atoms with Gasteiger partial charge >= 0.3 is 5.97 Å². The van der Waals surface area contributed by atoms with Gasteiger partial charge in [-0.25, -0.2) is 0 Å². The lowest BCUT2D eigenvalue weighted by Gasteiger charge is -2.30. The number of aliphatic hydroxyl groups is 1. The molecular weight excluding hydrogens is 206 g/mol. The Bertz CT molecular complexity index is 245. The Hall–Kier alpha value is -0.610. The number of rotatable bonds is 4. The van der Waals surface area contributed by atoms with Gasteiger partial charge in [-0.1, -0.05) is 6.92 Å². The molecule has 0 aromatic heterocycles. The summed E-state index contributed by atoms with van der Waals surface area (Å²) in [6.45, 7) is 6.69. The third-order valence-electron chi connectivity index (χ3n) is 3.55. The van der Waals surface area contributed by atoms with E-state index >= 15 is 0 Å². The van der Waals surface area contributed by atoms with Gasteiger partial charge in [0.05, 0.1) is 18.1 Å². The standard InChI is InChI=1S/C12H23NO3/c1-5-10(11(14)16-6-2)12(15)7-9(3)13(4)8-12/h9-10,15H,5-8H2,1-4H3. The highest BCUT2D eigenvalue weighted by molar-refractivity contribution is 5.74. The van der Waals surface area contributed by atoms with Crippen LogP contribution in [0, 0.1) is 5.92 Å². The summed E-state index contributed by atoms with van der Waals surface area (Å²) in [5.41, 5.74) is -0.921. The maximum absolute atomic E-state index is 11.8. The molecule has 94 valence electrons. The van der Waals surface area contributed by atoms with Gasteiger partial charge in [0.1, 0.15) is 0 Å². The molecule has 16 heavy (non-hydrogen) atoms. The molecule has 0 saturated carbocycles. The second-order valence-corrected chi connectivity index (χ2v) is 4.78. The van der Waals surface area contributed by atoms with E-state index in [1.807, 2.05) is 14.0 Å². The smallest absolute Gasteiger partial charge is 0.311 e. The Kier molecular flexibility index (Phi) is 4.33. The minimum atomic E-state index is -0.921. The number of carbonyl (C=O) groups excluding carboxylic acids is 1. The number of likely N-dealkylation sites (tertiary alicyclic amines) is 1. The van der Waals surface area contributed by atoms with Gasteiger partial charge in [0.2, 0.25) is 0 Å². The number of hydrogen-bond donors (Lipinski definition) is 1. The largest absolute Gasteiger partial charge is 0.466 e. The molecule has 4 heteroatoms. The maximum Gasteiger partial charge on any atom is 0.311 e. The zero-order valence-corrected chi connectivity index (χ0v) is 10.7. The fourth-order valence-electron chi connectivity index (χ4n) is 2.58. The van der Waals surface area contributed by atoms with Crippen LogP contribution in [0.25, 0.3) is 0 Å². The molecule has 0 spiro atoms. The SMILES string of the molecule is CCOC(=O)C(CC)C1(O)CC(C)N(C)C1. The lowest BCUT2D eigenvalue weighted by Crippen LogP contribution is -2.44. The van der Waals surface area contributed by atoms with Gasteiger partial charge in [0, 0.05) is 12.6 Å². The molecule has 1 fully saturated rings. The molecule has 0 aromatic rings. The van der Waals surface area contributed by atoms with Crippen LogP contribution in [0.2, 0.25) is 0 Å². The van der Waals surface area contributed by atoms with Gasteiger partial charge in [-0.3, -0.25) is 4.79 Å². The van der Waals surface area contributed by atoms with Crippen molar-refractivity contribution < 1.29 is 14.6 Å². The summed E-state index contributed by atoms with van der Waals surface area (Å²) in [5, 5.41) is 10.5. The van der Waals surface area contributed by atoms with Gasteiger partial charge in [-0.05, 0) is 33.7 Å². The third-order valence-corrected chi connectivity index (χ3v) is 3.55. The molecule has 0 bridgehead atoms. The van der Waals surface area contributed by atoms with Crippen molar-refractivity contribution in [2.45, 2.75) is 45.3 Å². The fourth-order valence-corrected chi connectivity index (χ4v) is 2.58. The number of carbonyl (C=O) groups is 1. The Morgan fingerprint density at radius 3 is 2.62 bits per heavy atom. The van der Waals surface area contributed by atoms with Crippen LogP contribution in [-0.4, -0.2) is 47.8 Å². The van der Waals surface area contributed by atoms with Crippen molar-refractivity contribution in [2.24, 2.45) is 5.92 Å². The van der Waals surface area contributed by atoms with Crippen LogP contribution < -0.4 is 0 Å². The number of ether oxygens (including phenoxy) is 1. The van der Waals surface area contributed by atoms with E-state index in [4.69, 9.17) is 4.74 Å². The van der Waals surface area contributed by atoms with E-state index in [0.717, 1.165) is 0 Å². The zero-order chi connectivity index (χ0) is 12.3. The Labute approximate surface area is 97.6 Å². The maximum atomic E-state index is 11.8. The van der Waals surface area contributed by atoms with Gasteiger partial charge in [0.15, 0.2) is 0 Å². The first kappa shape index (κ1) is 13.5. The van der Waals surface area contributed by atoms with E-state index in [2.05, 4.69) is 11.8 Å². The van der Waals surface area contributed by atoms with Crippen LogP contribution in [0.5, 0.6) is 0 Å². The normalized spacial score (nSPS) is 32.7. The Morgan fingerprint density at radius 1 is 1.62 bits per heavy atom. The molecule has 1 heterocycles. The van der Waals surface area contributed by atoms with Gasteiger partial charge in [-0.15, -0.1) is 0 Å². The van der Waals surface area contributed by atoms with Crippen molar-refractivity contribution in [3.05, 3.63) is 0 Å². The molecule has 1 aliphatic rings. The number of likely N-dealkylation sites (N-methyl/N-ethyl adjacent to an activating group) is 1. The summed E-state index contributed by atoms with van der Waals surface area (Å²) in [5.74, 6) is -0.671. The summed E-state index contributed by atoms with van der Waals surface area (Å²) < 4.78 is 5.03. The molecule has 0 aliphatic carbocycles. The van der Waals surface area contributed by atoms with Crippen molar-refractivity contribution in [3.63, 3.8) is 0 Å². The minimum Gasteiger partial charge on any atom is -0.466 e. The third kappa shape index (κ3) is 2.55. The van der Waals surface area contributed by atoms with E-state index in [0.29, 0.717) is 32.0 Å². The van der Waals surface area contributed by atoms with Crippen LogP contribution >= 0.6 is 0 Å². The summed E-state index contributed by atoms with van der Waals surface area (Å²) in [4.78, 5) is 13.9. The topological polar surface area (TPSA) is 49.8 Å². The zero-order valence-electron chi connectivity index (χ0n) is 10.7. The molecule has 1 rings (SSSR count). The van der Waals surface area contributed by atoms with E-state index < -0.39 is 11.5 Å². The summed E-state index contributed by atoms with van der Waals surface area (Å²) >= 11 is 0. The van der Waals surface area contributed by atoms with Crippen LogP contribution in [0.3, 0.4) is 0 Å². The fraction of sp³-hybridized carbons (Fsp3) is 0.917. The van der Waals surface area contributed by atoms with E-state index in [1.54, 1.807) is 6.92 Å². The predicted octanol–water partition coefficient (Wildman–Crippen LogP) is 1.03. The minimum absolute atomic E-state index is 0.269. The number of hydrogen-bond acceptors (Lipinski definition) is 4. The first-order valence-corrected chi connectivity index (χ1v) is 6.03. The van der Waals surface area contributed by atoms with E-state index in [1.165, 1.54) is 0 Å². The van der Waals surface area contributed by atoms with E-state index in [9.17, 15) is 9.90 Å². The number of esters is 1. The second-order valence-electron chi connectivity index (χ2n) is 4.78. The molecule has 0 amide bonds. The van der Waals surface area contributed by atoms with Crippen molar-refractivity contribution in [1.82, 2.24) is 4.90 Å². The molecule has 3 atom stereocenters. The average molecular weight is 229 g/mol. The predicted molar refractivity (Wildman–Crippen MR) is 62.1 cm³/mol. The van der Waals surface area contributed by atoms with Gasteiger partial charge in [-0.2, -0.15) is 0 Å². The average Bonchev–Trinajstić information content (AvgIpc) is 2.42. The molecule has 0 radical (unpaired) electrons. The molecule has 1 N–H and O–H groups in total.